The fraction of sp³-hybridized carbons (Fsp3) is 0.357. The third kappa shape index (κ3) is 2.81. The Morgan fingerprint density at radius 3 is 2.52 bits per heavy atom. The van der Waals surface area contributed by atoms with Gasteiger partial charge in [0.2, 0.25) is 5.88 Å². The molecule has 0 radical (unpaired) electrons. The van der Waals surface area contributed by atoms with E-state index in [-0.39, 0.29) is 24.7 Å². The average molecular weight is 308 g/mol. The summed E-state index contributed by atoms with van der Waals surface area (Å²) in [5.74, 6) is 0.388. The van der Waals surface area contributed by atoms with Gasteiger partial charge in [-0.05, 0) is 19.9 Å². The van der Waals surface area contributed by atoms with Crippen LogP contribution >= 0.6 is 7.60 Å². The van der Waals surface area contributed by atoms with Gasteiger partial charge in [0.25, 0.3) is 0 Å². The molecule has 21 heavy (non-hydrogen) atoms. The quantitative estimate of drug-likeness (QED) is 0.840. The second kappa shape index (κ2) is 6.31. The van der Waals surface area contributed by atoms with Crippen LogP contribution in [0.5, 0.6) is 5.75 Å². The summed E-state index contributed by atoms with van der Waals surface area (Å²) in [6, 6.07) is 8.94. The van der Waals surface area contributed by atoms with E-state index in [2.05, 4.69) is 0 Å². The van der Waals surface area contributed by atoms with Crippen molar-refractivity contribution < 1.29 is 18.3 Å². The van der Waals surface area contributed by atoms with Gasteiger partial charge in [-0.15, -0.1) is 0 Å². The number of nitriles is 1. The van der Waals surface area contributed by atoms with Gasteiger partial charge in [0.1, 0.15) is 23.1 Å². The average Bonchev–Trinajstić information content (AvgIpc) is 2.46. The molecule has 6 nitrogen and oxygen atoms in total. The number of nitrogens with zero attached hydrogens (tertiary/aromatic N) is 1. The number of rotatable bonds is 5. The monoisotopic (exact) mass is 308 g/mol. The van der Waals surface area contributed by atoms with Gasteiger partial charge in [0, 0.05) is 5.56 Å². The number of hydrogen-bond donors (Lipinski definition) is 1. The first kappa shape index (κ1) is 15.6. The molecule has 0 bridgehead atoms. The van der Waals surface area contributed by atoms with Gasteiger partial charge in [-0.3, -0.25) is 4.57 Å². The highest BCUT2D eigenvalue weighted by molar-refractivity contribution is 7.54. The lowest BCUT2D eigenvalue weighted by molar-refractivity contribution is 0.213. The van der Waals surface area contributed by atoms with Crippen LogP contribution in [0.4, 0.5) is 0 Å². The zero-order chi connectivity index (χ0) is 15.5. The Balaban J connectivity index is 2.62. The van der Waals surface area contributed by atoms with Gasteiger partial charge in [-0.1, -0.05) is 18.2 Å². The van der Waals surface area contributed by atoms with E-state index in [1.165, 1.54) is 0 Å². The molecule has 1 aliphatic heterocycles. The van der Waals surface area contributed by atoms with Crippen LogP contribution in [-0.4, -0.2) is 13.2 Å². The number of ether oxygens (including phenoxy) is 1. The fourth-order valence-corrected chi connectivity index (χ4v) is 4.40. The molecule has 0 amide bonds. The Kier molecular flexibility index (Phi) is 4.69. The first-order valence-electron chi connectivity index (χ1n) is 6.62. The van der Waals surface area contributed by atoms with Crippen molar-refractivity contribution in [1.82, 2.24) is 0 Å². The summed E-state index contributed by atoms with van der Waals surface area (Å²) in [6.45, 7) is 3.84. The highest BCUT2D eigenvalue weighted by Gasteiger charge is 2.45. The van der Waals surface area contributed by atoms with Crippen molar-refractivity contribution in [3.8, 4) is 11.8 Å². The summed E-state index contributed by atoms with van der Waals surface area (Å²) in [5.41, 5.74) is 5.56. The summed E-state index contributed by atoms with van der Waals surface area (Å²) < 4.78 is 29.3. The maximum absolute atomic E-state index is 13.1. The third-order valence-electron chi connectivity index (χ3n) is 3.03. The molecule has 1 unspecified atom stereocenters. The van der Waals surface area contributed by atoms with Gasteiger partial charge >= 0.3 is 7.60 Å². The summed E-state index contributed by atoms with van der Waals surface area (Å²) >= 11 is 0. The summed E-state index contributed by atoms with van der Waals surface area (Å²) in [6.07, 6.45) is 0. The van der Waals surface area contributed by atoms with Crippen molar-refractivity contribution in [3.63, 3.8) is 0 Å². The third-order valence-corrected chi connectivity index (χ3v) is 5.43. The van der Waals surface area contributed by atoms with Gasteiger partial charge in [-0.25, -0.2) is 0 Å². The van der Waals surface area contributed by atoms with E-state index in [0.717, 1.165) is 0 Å². The standard InChI is InChI=1S/C14H17N2O4P/c1-3-18-21(17,19-4-2)13-10-7-5-6-8-12(10)20-14(16)11(13)9-15/h5-8,13H,3-4,16H2,1-2H3. The van der Waals surface area contributed by atoms with Crippen LogP contribution in [0.15, 0.2) is 35.7 Å². The second-order valence-electron chi connectivity index (χ2n) is 4.31. The molecule has 0 saturated heterocycles. The van der Waals surface area contributed by atoms with Crippen LogP contribution < -0.4 is 10.5 Å². The molecule has 0 fully saturated rings. The molecule has 1 aromatic rings. The molecule has 0 aliphatic carbocycles. The number of allylic oxidation sites excluding steroid dienone is 1. The lowest BCUT2D eigenvalue weighted by Crippen LogP contribution is -2.21. The Morgan fingerprint density at radius 1 is 1.33 bits per heavy atom. The summed E-state index contributed by atoms with van der Waals surface area (Å²) in [7, 11) is -3.58. The van der Waals surface area contributed by atoms with Gasteiger partial charge in [0.15, 0.2) is 0 Å². The minimum absolute atomic E-state index is 0.0685. The molecular formula is C14H17N2O4P. The number of benzene rings is 1. The maximum Gasteiger partial charge on any atom is 0.343 e. The predicted molar refractivity (Wildman–Crippen MR) is 77.5 cm³/mol. The zero-order valence-corrected chi connectivity index (χ0v) is 12.8. The zero-order valence-electron chi connectivity index (χ0n) is 11.9. The van der Waals surface area contributed by atoms with Crippen molar-refractivity contribution in [3.05, 3.63) is 41.3 Å². The van der Waals surface area contributed by atoms with E-state index >= 15 is 0 Å². The van der Waals surface area contributed by atoms with E-state index < -0.39 is 13.3 Å². The van der Waals surface area contributed by atoms with Crippen molar-refractivity contribution >= 4 is 7.60 Å². The Hall–Kier alpha value is -1.80. The number of para-hydroxylation sites is 1. The molecule has 2 rings (SSSR count). The number of hydrogen-bond acceptors (Lipinski definition) is 6. The van der Waals surface area contributed by atoms with E-state index in [9.17, 15) is 9.83 Å². The summed E-state index contributed by atoms with van der Waals surface area (Å²) in [4.78, 5) is 0. The highest BCUT2D eigenvalue weighted by atomic mass is 31.2. The Labute approximate surface area is 123 Å². The van der Waals surface area contributed by atoms with E-state index in [0.29, 0.717) is 11.3 Å². The SMILES string of the molecule is CCOP(=O)(OCC)C1C(C#N)=C(N)Oc2ccccc21. The maximum atomic E-state index is 13.1. The first-order chi connectivity index (χ1) is 10.1. The minimum atomic E-state index is -3.58. The largest absolute Gasteiger partial charge is 0.440 e. The van der Waals surface area contributed by atoms with Crippen LogP contribution in [0, 0.1) is 11.3 Å². The van der Waals surface area contributed by atoms with Crippen LogP contribution in [-0.2, 0) is 13.6 Å². The van der Waals surface area contributed by atoms with Crippen LogP contribution in [0.3, 0.4) is 0 Å². The fourth-order valence-electron chi connectivity index (χ4n) is 2.25. The van der Waals surface area contributed by atoms with Crippen molar-refractivity contribution in [2.75, 3.05) is 13.2 Å². The Morgan fingerprint density at radius 2 is 1.95 bits per heavy atom. The van der Waals surface area contributed by atoms with Gasteiger partial charge in [-0.2, -0.15) is 5.26 Å². The second-order valence-corrected chi connectivity index (χ2v) is 6.42. The first-order valence-corrected chi connectivity index (χ1v) is 8.23. The smallest absolute Gasteiger partial charge is 0.343 e. The van der Waals surface area contributed by atoms with E-state index in [4.69, 9.17) is 19.5 Å². The minimum Gasteiger partial charge on any atom is -0.440 e. The van der Waals surface area contributed by atoms with Crippen molar-refractivity contribution in [2.24, 2.45) is 5.73 Å². The lowest BCUT2D eigenvalue weighted by Gasteiger charge is -2.30. The van der Waals surface area contributed by atoms with Crippen molar-refractivity contribution in [2.45, 2.75) is 19.5 Å². The molecule has 1 aliphatic rings. The van der Waals surface area contributed by atoms with E-state index in [1.54, 1.807) is 38.1 Å². The van der Waals surface area contributed by atoms with Gasteiger partial charge in [0.05, 0.1) is 13.2 Å². The lowest BCUT2D eigenvalue weighted by atomic mass is 10.0. The van der Waals surface area contributed by atoms with Gasteiger partial charge < -0.3 is 19.5 Å². The van der Waals surface area contributed by atoms with Crippen LogP contribution in [0.1, 0.15) is 25.1 Å². The molecule has 0 aromatic heterocycles. The molecule has 0 saturated carbocycles. The molecule has 7 heteroatoms. The number of nitrogens with two attached hydrogens (primary N) is 1. The molecule has 1 atom stereocenters. The molecular weight excluding hydrogens is 291 g/mol. The summed E-state index contributed by atoms with van der Waals surface area (Å²) in [5, 5.41) is 9.36. The molecule has 112 valence electrons. The Bertz CT molecular complexity index is 641. The molecule has 1 aromatic carbocycles. The molecule has 0 spiro atoms. The normalized spacial score (nSPS) is 17.9. The predicted octanol–water partition coefficient (Wildman–Crippen LogP) is 3.08. The molecule has 1 heterocycles. The highest BCUT2D eigenvalue weighted by Crippen LogP contribution is 2.66. The van der Waals surface area contributed by atoms with Crippen LogP contribution in [0.2, 0.25) is 0 Å². The van der Waals surface area contributed by atoms with Crippen LogP contribution in [0.25, 0.3) is 0 Å². The topological polar surface area (TPSA) is 94.6 Å². The number of fused-ring (bicyclic) bond motifs is 1. The van der Waals surface area contributed by atoms with Crippen molar-refractivity contribution in [1.29, 1.82) is 5.26 Å². The van der Waals surface area contributed by atoms with E-state index in [1.807, 2.05) is 6.07 Å². The molecule has 2 N–H and O–H groups in total.